The van der Waals surface area contributed by atoms with Crippen LogP contribution in [-0.2, 0) is 30.4 Å². The summed E-state index contributed by atoms with van der Waals surface area (Å²) in [6.07, 6.45) is 1.21. The van der Waals surface area contributed by atoms with Crippen LogP contribution in [0, 0.1) is 0 Å². The molecule has 0 unspecified atom stereocenters. The van der Waals surface area contributed by atoms with E-state index in [1.165, 1.54) is 0 Å². The fourth-order valence-electron chi connectivity index (χ4n) is 3.19. The van der Waals surface area contributed by atoms with Crippen LogP contribution in [0.2, 0.25) is 19.1 Å². The number of nitrogens with zero attached hydrogens (tertiary/aromatic N) is 1. The first kappa shape index (κ1) is 27.9. The van der Waals surface area contributed by atoms with E-state index in [0.717, 1.165) is 12.5 Å². The molecule has 0 aliphatic heterocycles. The van der Waals surface area contributed by atoms with E-state index in [1.807, 2.05) is 0 Å². The van der Waals surface area contributed by atoms with E-state index < -0.39 is 56.4 Å². The monoisotopic (exact) mass is 483 g/mol. The Balaban J connectivity index is 5.31. The summed E-state index contributed by atoms with van der Waals surface area (Å²) in [5.41, 5.74) is 0. The lowest BCUT2D eigenvalue weighted by molar-refractivity contribution is -0.928. The Labute approximate surface area is 170 Å². The van der Waals surface area contributed by atoms with E-state index >= 15 is 0 Å². The van der Waals surface area contributed by atoms with Crippen molar-refractivity contribution in [2.75, 3.05) is 43.4 Å². The van der Waals surface area contributed by atoms with Gasteiger partial charge in [0.05, 0.1) is 43.4 Å². The Bertz CT molecular complexity index is 671. The molecule has 3 N–H and O–H groups in total. The van der Waals surface area contributed by atoms with Gasteiger partial charge in [0.1, 0.15) is 0 Å². The minimum atomic E-state index is -4.14. The van der Waals surface area contributed by atoms with Crippen LogP contribution < -0.4 is 0 Å². The maximum absolute atomic E-state index is 11.0. The van der Waals surface area contributed by atoms with Crippen molar-refractivity contribution in [1.82, 2.24) is 0 Å². The second-order valence-corrected chi connectivity index (χ2v) is 15.1. The Morgan fingerprint density at radius 2 is 0.893 bits per heavy atom. The van der Waals surface area contributed by atoms with E-state index in [9.17, 15) is 25.3 Å². The fraction of sp³-hybridized carbons (Fsp3) is 1.00. The van der Waals surface area contributed by atoms with Crippen LogP contribution in [0.1, 0.15) is 25.7 Å². The molecule has 0 saturated carbocycles. The van der Waals surface area contributed by atoms with Crippen molar-refractivity contribution < 1.29 is 43.4 Å². The Morgan fingerprint density at radius 3 is 1.14 bits per heavy atom. The first-order chi connectivity index (χ1) is 12.5. The fourth-order valence-corrected chi connectivity index (χ4v) is 5.53. The van der Waals surface area contributed by atoms with Crippen molar-refractivity contribution in [2.24, 2.45) is 0 Å². The molecule has 0 saturated heterocycles. The van der Waals surface area contributed by atoms with Crippen molar-refractivity contribution in [3.63, 3.8) is 0 Å². The largest absolute Gasteiger partial charge is 0.324 e. The van der Waals surface area contributed by atoms with E-state index in [0.29, 0.717) is 26.2 Å². The third-order valence-corrected chi connectivity index (χ3v) is 8.18. The summed E-state index contributed by atoms with van der Waals surface area (Å²) >= 11 is 0. The van der Waals surface area contributed by atoms with Gasteiger partial charge in [-0.25, -0.2) is 0 Å². The maximum Gasteiger partial charge on any atom is 0.265 e. The van der Waals surface area contributed by atoms with Crippen LogP contribution >= 0.6 is 0 Å². The minimum Gasteiger partial charge on any atom is -0.324 e. The van der Waals surface area contributed by atoms with E-state index in [-0.39, 0.29) is 23.7 Å². The van der Waals surface area contributed by atoms with Crippen LogP contribution in [0.4, 0.5) is 0 Å². The third kappa shape index (κ3) is 16.8. The zero-order valence-electron chi connectivity index (χ0n) is 16.4. The number of quaternary nitrogens is 1. The highest BCUT2D eigenvalue weighted by atomic mass is 32.2. The van der Waals surface area contributed by atoms with E-state index in [1.54, 1.807) is 0 Å². The first-order valence-electron chi connectivity index (χ1n) is 9.03. The summed E-state index contributed by atoms with van der Waals surface area (Å²) in [7, 11) is -12.9. The van der Waals surface area contributed by atoms with Crippen LogP contribution in [0.5, 0.6) is 0 Å². The van der Waals surface area contributed by atoms with Crippen LogP contribution in [0.15, 0.2) is 0 Å². The molecule has 0 bridgehead atoms. The molecule has 0 aromatic rings. The molecule has 0 aliphatic carbocycles. The molecule has 14 heteroatoms. The summed E-state index contributed by atoms with van der Waals surface area (Å²) in [6.45, 7) is 5.83. The summed E-state index contributed by atoms with van der Waals surface area (Å²) in [6, 6.07) is 0.986. The number of hydrogen-bond acceptors (Lipinski definition) is 6. The zero-order valence-corrected chi connectivity index (χ0v) is 19.9. The highest BCUT2D eigenvalue weighted by Crippen LogP contribution is 2.16. The van der Waals surface area contributed by atoms with Gasteiger partial charge >= 0.3 is 0 Å². The lowest BCUT2D eigenvalue weighted by Crippen LogP contribution is -2.52. The van der Waals surface area contributed by atoms with Crippen molar-refractivity contribution in [3.8, 4) is 0 Å². The van der Waals surface area contributed by atoms with Crippen molar-refractivity contribution >= 4 is 39.2 Å². The van der Waals surface area contributed by atoms with E-state index in [4.69, 9.17) is 13.7 Å². The molecule has 0 aliphatic rings. The lowest BCUT2D eigenvalue weighted by Gasteiger charge is -2.39. The van der Waals surface area contributed by atoms with E-state index in [2.05, 4.69) is 13.1 Å². The smallest absolute Gasteiger partial charge is 0.265 e. The van der Waals surface area contributed by atoms with Crippen LogP contribution in [0.3, 0.4) is 0 Å². The molecular formula is C14H33NO9S3Si+. The highest BCUT2D eigenvalue weighted by Gasteiger charge is 2.28. The second-order valence-electron chi connectivity index (χ2n) is 7.47. The molecular weight excluding hydrogens is 450 g/mol. The van der Waals surface area contributed by atoms with Gasteiger partial charge in [-0.05, 0) is 6.42 Å². The lowest BCUT2D eigenvalue weighted by atomic mass is 10.2. The van der Waals surface area contributed by atoms with Crippen LogP contribution in [0.25, 0.3) is 0 Å². The highest BCUT2D eigenvalue weighted by molar-refractivity contribution is 7.86. The number of rotatable bonds is 16. The molecule has 169 valence electrons. The van der Waals surface area contributed by atoms with Crippen LogP contribution in [-0.4, -0.2) is 95.6 Å². The van der Waals surface area contributed by atoms with Gasteiger partial charge < -0.3 is 4.48 Å². The molecule has 0 heterocycles. The summed E-state index contributed by atoms with van der Waals surface area (Å²) in [4.78, 5) is 0. The Morgan fingerprint density at radius 1 is 0.607 bits per heavy atom. The standard InChI is InChI=1S/C14H32NO9S3Si/c1-28(2)14-6-10-15(7-3-11-25(16,17)18,8-4-12-26(19,20)21)9-5-13-27(22,23)24/h3-14H2,1-2H3,(H2-,16,17,18,19,20,21,22,23,24)/p+1. The normalized spacial score (nSPS) is 13.9. The van der Waals surface area contributed by atoms with Crippen molar-refractivity contribution in [3.05, 3.63) is 0 Å². The Kier molecular flexibility index (Phi) is 11.9. The molecule has 0 spiro atoms. The molecule has 0 aromatic heterocycles. The van der Waals surface area contributed by atoms with Gasteiger partial charge in [0.25, 0.3) is 30.4 Å². The van der Waals surface area contributed by atoms with Crippen molar-refractivity contribution in [2.45, 2.75) is 44.8 Å². The van der Waals surface area contributed by atoms with Gasteiger partial charge in [-0.2, -0.15) is 25.3 Å². The Hall–Kier alpha value is -0.0931. The molecule has 10 nitrogen and oxygen atoms in total. The van der Waals surface area contributed by atoms with Crippen molar-refractivity contribution in [1.29, 1.82) is 0 Å². The van der Waals surface area contributed by atoms with Gasteiger partial charge in [0, 0.05) is 28.1 Å². The molecule has 0 atom stereocenters. The quantitative estimate of drug-likeness (QED) is 0.163. The van der Waals surface area contributed by atoms with Gasteiger partial charge in [-0.1, -0.05) is 19.1 Å². The molecule has 0 amide bonds. The molecule has 0 fully saturated rings. The molecule has 0 aromatic carbocycles. The summed E-state index contributed by atoms with van der Waals surface area (Å²) in [5.74, 6) is -1.33. The third-order valence-electron chi connectivity index (χ3n) is 4.41. The first-order valence-corrected chi connectivity index (χ1v) is 16.6. The molecule has 28 heavy (non-hydrogen) atoms. The second kappa shape index (κ2) is 11.9. The number of hydrogen-bond donors (Lipinski definition) is 3. The SMILES string of the molecule is C[Si](C)CCC[N+](CCCS(=O)(=O)O)(CCCS(=O)(=O)O)CCCS(=O)(=O)O. The topological polar surface area (TPSA) is 163 Å². The average molecular weight is 484 g/mol. The van der Waals surface area contributed by atoms with Gasteiger partial charge in [0.15, 0.2) is 0 Å². The van der Waals surface area contributed by atoms with Gasteiger partial charge in [0.2, 0.25) is 0 Å². The van der Waals surface area contributed by atoms with Gasteiger partial charge in [-0.15, -0.1) is 0 Å². The van der Waals surface area contributed by atoms with Gasteiger partial charge in [-0.3, -0.25) is 13.7 Å². The summed E-state index contributed by atoms with van der Waals surface area (Å²) < 4.78 is 93.4. The maximum atomic E-state index is 11.0. The molecule has 0 rings (SSSR count). The zero-order chi connectivity index (χ0) is 22.1. The molecule has 1 radical (unpaired) electrons. The predicted molar refractivity (Wildman–Crippen MR) is 110 cm³/mol. The minimum absolute atomic E-state index is 0.132. The predicted octanol–water partition coefficient (Wildman–Crippen LogP) is 0.781. The average Bonchev–Trinajstić information content (AvgIpc) is 2.42. The summed E-state index contributed by atoms with van der Waals surface area (Å²) in [5, 5.41) is 0.